The van der Waals surface area contributed by atoms with Gasteiger partial charge in [-0.15, -0.1) is 0 Å². The number of benzene rings is 1. The Hall–Kier alpha value is -1.66. The molecule has 1 aromatic carbocycles. The van der Waals surface area contributed by atoms with Gasteiger partial charge in [0.1, 0.15) is 5.82 Å². The second-order valence-electron chi connectivity index (χ2n) is 5.25. The van der Waals surface area contributed by atoms with Crippen LogP contribution in [0.2, 0.25) is 0 Å². The summed E-state index contributed by atoms with van der Waals surface area (Å²) >= 11 is 0. The summed E-state index contributed by atoms with van der Waals surface area (Å²) in [4.78, 5) is 14.1. The van der Waals surface area contributed by atoms with Gasteiger partial charge in [-0.3, -0.25) is 9.69 Å². The first-order valence-corrected chi connectivity index (χ1v) is 7.27. The Morgan fingerprint density at radius 1 is 1.57 bits per heavy atom. The van der Waals surface area contributed by atoms with Crippen molar-refractivity contribution < 1.29 is 13.9 Å². The van der Waals surface area contributed by atoms with Crippen LogP contribution in [0.5, 0.6) is 0 Å². The van der Waals surface area contributed by atoms with Gasteiger partial charge in [0.15, 0.2) is 0 Å². The number of ether oxygens (including phenoxy) is 1. The number of amides is 1. The lowest BCUT2D eigenvalue weighted by molar-refractivity contribution is -0.117. The van der Waals surface area contributed by atoms with Crippen molar-refractivity contribution in [3.63, 3.8) is 0 Å². The van der Waals surface area contributed by atoms with Crippen LogP contribution in [0.1, 0.15) is 19.8 Å². The molecular weight excluding hydrogens is 273 g/mol. The number of carbonyl (C=O) groups is 1. The van der Waals surface area contributed by atoms with Crippen molar-refractivity contribution in [2.75, 3.05) is 37.3 Å². The molecule has 1 unspecified atom stereocenters. The second-order valence-corrected chi connectivity index (χ2v) is 5.25. The molecular formula is C15H22FN3O2. The third-order valence-electron chi connectivity index (χ3n) is 3.58. The summed E-state index contributed by atoms with van der Waals surface area (Å²) in [6.07, 6.45) is 2.36. The van der Waals surface area contributed by atoms with E-state index in [1.807, 2.05) is 11.8 Å². The average molecular weight is 295 g/mol. The predicted octanol–water partition coefficient (Wildman–Crippen LogP) is 1.85. The van der Waals surface area contributed by atoms with E-state index in [-0.39, 0.29) is 24.2 Å². The van der Waals surface area contributed by atoms with Crippen molar-refractivity contribution in [2.45, 2.75) is 25.9 Å². The summed E-state index contributed by atoms with van der Waals surface area (Å²) in [5.41, 5.74) is 6.01. The summed E-state index contributed by atoms with van der Waals surface area (Å²) in [6.45, 7) is 4.64. The Kier molecular flexibility index (Phi) is 5.52. The molecule has 5 nitrogen and oxygen atoms in total. The standard InChI is InChI=1S/C15H22FN3O2/c1-2-19(9-12-4-3-7-21-12)10-15(20)18-11-5-6-13(16)14(17)8-11/h5-6,8,12H,2-4,7,9-10,17H2,1H3,(H,18,20). The zero-order valence-corrected chi connectivity index (χ0v) is 12.3. The quantitative estimate of drug-likeness (QED) is 0.786. The molecule has 21 heavy (non-hydrogen) atoms. The van der Waals surface area contributed by atoms with Crippen molar-refractivity contribution in [3.05, 3.63) is 24.0 Å². The fourth-order valence-electron chi connectivity index (χ4n) is 2.41. The number of hydrogen-bond acceptors (Lipinski definition) is 4. The Morgan fingerprint density at radius 3 is 3.00 bits per heavy atom. The number of hydrogen-bond donors (Lipinski definition) is 2. The van der Waals surface area contributed by atoms with E-state index in [0.717, 1.165) is 32.5 Å². The molecule has 0 aromatic heterocycles. The fourth-order valence-corrected chi connectivity index (χ4v) is 2.41. The van der Waals surface area contributed by atoms with Gasteiger partial charge in [-0.25, -0.2) is 4.39 Å². The Balaban J connectivity index is 1.85. The van der Waals surface area contributed by atoms with Gasteiger partial charge in [0, 0.05) is 18.8 Å². The van der Waals surface area contributed by atoms with E-state index in [4.69, 9.17) is 10.5 Å². The van der Waals surface area contributed by atoms with Gasteiger partial charge in [-0.1, -0.05) is 6.92 Å². The van der Waals surface area contributed by atoms with Gasteiger partial charge >= 0.3 is 0 Å². The van der Waals surface area contributed by atoms with Crippen LogP contribution in [0.3, 0.4) is 0 Å². The number of nitrogens with zero attached hydrogens (tertiary/aromatic N) is 1. The van der Waals surface area contributed by atoms with E-state index in [1.54, 1.807) is 0 Å². The van der Waals surface area contributed by atoms with Gasteiger partial charge in [0.25, 0.3) is 0 Å². The summed E-state index contributed by atoms with van der Waals surface area (Å²) < 4.78 is 18.7. The molecule has 1 amide bonds. The number of rotatable bonds is 6. The van der Waals surface area contributed by atoms with E-state index >= 15 is 0 Å². The summed E-state index contributed by atoms with van der Waals surface area (Å²) in [7, 11) is 0. The lowest BCUT2D eigenvalue weighted by atomic mass is 10.2. The topological polar surface area (TPSA) is 67.6 Å². The maximum absolute atomic E-state index is 13.1. The van der Waals surface area contributed by atoms with E-state index in [2.05, 4.69) is 5.32 Å². The van der Waals surface area contributed by atoms with E-state index in [0.29, 0.717) is 5.69 Å². The van der Waals surface area contributed by atoms with Crippen molar-refractivity contribution in [1.82, 2.24) is 4.90 Å². The molecule has 0 saturated carbocycles. The highest BCUT2D eigenvalue weighted by Crippen LogP contribution is 2.16. The fraction of sp³-hybridized carbons (Fsp3) is 0.533. The highest BCUT2D eigenvalue weighted by atomic mass is 19.1. The van der Waals surface area contributed by atoms with E-state index < -0.39 is 5.82 Å². The molecule has 2 rings (SSSR count). The number of carbonyl (C=O) groups excluding carboxylic acids is 1. The zero-order valence-electron chi connectivity index (χ0n) is 12.3. The first-order chi connectivity index (χ1) is 10.1. The summed E-state index contributed by atoms with van der Waals surface area (Å²) in [5.74, 6) is -0.623. The highest BCUT2D eigenvalue weighted by molar-refractivity contribution is 5.92. The number of nitrogen functional groups attached to an aromatic ring is 1. The zero-order chi connectivity index (χ0) is 15.2. The molecule has 1 aromatic rings. The van der Waals surface area contributed by atoms with Gasteiger partial charge in [-0.05, 0) is 37.6 Å². The van der Waals surface area contributed by atoms with Crippen LogP contribution >= 0.6 is 0 Å². The van der Waals surface area contributed by atoms with E-state index in [9.17, 15) is 9.18 Å². The predicted molar refractivity (Wildman–Crippen MR) is 80.5 cm³/mol. The number of halogens is 1. The van der Waals surface area contributed by atoms with Crippen LogP contribution in [0.4, 0.5) is 15.8 Å². The minimum absolute atomic E-state index is 0.0273. The molecule has 1 atom stereocenters. The molecule has 0 bridgehead atoms. The maximum Gasteiger partial charge on any atom is 0.238 e. The Bertz CT molecular complexity index is 490. The van der Waals surface area contributed by atoms with Gasteiger partial charge in [0.05, 0.1) is 18.3 Å². The monoisotopic (exact) mass is 295 g/mol. The largest absolute Gasteiger partial charge is 0.396 e. The van der Waals surface area contributed by atoms with Crippen LogP contribution in [0, 0.1) is 5.82 Å². The third kappa shape index (κ3) is 4.68. The number of nitrogens with one attached hydrogen (secondary N) is 1. The molecule has 3 N–H and O–H groups in total. The molecule has 6 heteroatoms. The van der Waals surface area contributed by atoms with Crippen LogP contribution in [0.25, 0.3) is 0 Å². The minimum atomic E-state index is -0.485. The molecule has 1 aliphatic rings. The van der Waals surface area contributed by atoms with Crippen molar-refractivity contribution in [1.29, 1.82) is 0 Å². The third-order valence-corrected chi connectivity index (χ3v) is 3.58. The normalized spacial score (nSPS) is 18.1. The number of likely N-dealkylation sites (N-methyl/N-ethyl adjacent to an activating group) is 1. The van der Waals surface area contributed by atoms with E-state index in [1.165, 1.54) is 18.2 Å². The molecule has 0 radical (unpaired) electrons. The second kappa shape index (κ2) is 7.38. The van der Waals surface area contributed by atoms with Crippen LogP contribution < -0.4 is 11.1 Å². The van der Waals surface area contributed by atoms with Gasteiger partial charge in [0.2, 0.25) is 5.91 Å². The molecule has 116 valence electrons. The average Bonchev–Trinajstić information content (AvgIpc) is 2.95. The molecule has 1 heterocycles. The number of nitrogens with two attached hydrogens (primary N) is 1. The highest BCUT2D eigenvalue weighted by Gasteiger charge is 2.19. The van der Waals surface area contributed by atoms with Crippen LogP contribution in [-0.2, 0) is 9.53 Å². The van der Waals surface area contributed by atoms with Crippen LogP contribution in [-0.4, -0.2) is 43.2 Å². The molecule has 1 saturated heterocycles. The molecule has 0 aliphatic carbocycles. The first-order valence-electron chi connectivity index (χ1n) is 7.27. The summed E-state index contributed by atoms with van der Waals surface area (Å²) in [5, 5.41) is 2.73. The van der Waals surface area contributed by atoms with Gasteiger partial charge in [-0.2, -0.15) is 0 Å². The van der Waals surface area contributed by atoms with Crippen molar-refractivity contribution in [3.8, 4) is 0 Å². The lowest BCUT2D eigenvalue weighted by Crippen LogP contribution is -2.38. The minimum Gasteiger partial charge on any atom is -0.396 e. The molecule has 1 fully saturated rings. The summed E-state index contributed by atoms with van der Waals surface area (Å²) in [6, 6.07) is 4.17. The van der Waals surface area contributed by atoms with Crippen molar-refractivity contribution >= 4 is 17.3 Å². The number of anilines is 2. The maximum atomic E-state index is 13.1. The Morgan fingerprint density at radius 2 is 2.38 bits per heavy atom. The molecule has 0 spiro atoms. The first kappa shape index (κ1) is 15.7. The molecule has 1 aliphatic heterocycles. The van der Waals surface area contributed by atoms with Crippen molar-refractivity contribution in [2.24, 2.45) is 0 Å². The smallest absolute Gasteiger partial charge is 0.238 e. The van der Waals surface area contributed by atoms with Crippen LogP contribution in [0.15, 0.2) is 18.2 Å². The Labute approximate surface area is 124 Å². The SMILES string of the molecule is CCN(CC(=O)Nc1ccc(F)c(N)c1)CC1CCCO1. The lowest BCUT2D eigenvalue weighted by Gasteiger charge is -2.23. The van der Waals surface area contributed by atoms with Gasteiger partial charge < -0.3 is 15.8 Å².